The lowest BCUT2D eigenvalue weighted by Gasteiger charge is -2.20. The molecule has 1 atom stereocenters. The van der Waals surface area contributed by atoms with Gasteiger partial charge in [-0.05, 0) is 61.9 Å². The topological polar surface area (TPSA) is 65.8 Å². The summed E-state index contributed by atoms with van der Waals surface area (Å²) in [5.41, 5.74) is 2.85. The summed E-state index contributed by atoms with van der Waals surface area (Å²) in [5.74, 6) is 3.40. The van der Waals surface area contributed by atoms with Crippen molar-refractivity contribution in [3.8, 4) is 17.2 Å². The van der Waals surface area contributed by atoms with E-state index in [-0.39, 0.29) is 11.8 Å². The number of hydrogen-bond donors (Lipinski definition) is 0. The third-order valence-electron chi connectivity index (χ3n) is 6.48. The van der Waals surface area contributed by atoms with Crippen LogP contribution in [0.4, 0.5) is 5.69 Å². The van der Waals surface area contributed by atoms with Crippen molar-refractivity contribution in [1.82, 2.24) is 9.55 Å². The van der Waals surface area contributed by atoms with Gasteiger partial charge in [-0.25, -0.2) is 4.98 Å². The second-order valence-corrected chi connectivity index (χ2v) is 8.79. The summed E-state index contributed by atoms with van der Waals surface area (Å²) in [4.78, 5) is 19.9. The summed E-state index contributed by atoms with van der Waals surface area (Å²) in [7, 11) is 1.65. The van der Waals surface area contributed by atoms with Gasteiger partial charge in [-0.2, -0.15) is 0 Å². The summed E-state index contributed by atoms with van der Waals surface area (Å²) in [6.45, 7) is 4.42. The van der Waals surface area contributed by atoms with Crippen LogP contribution in [0.5, 0.6) is 17.2 Å². The van der Waals surface area contributed by atoms with Crippen molar-refractivity contribution in [2.45, 2.75) is 32.2 Å². The van der Waals surface area contributed by atoms with Crippen molar-refractivity contribution in [3.05, 3.63) is 78.6 Å². The molecule has 1 aromatic heterocycles. The number of imidazole rings is 1. The maximum atomic E-state index is 13.1. The molecule has 0 N–H and O–H groups in total. The van der Waals surface area contributed by atoms with Crippen molar-refractivity contribution in [2.24, 2.45) is 0 Å². The molecule has 0 saturated carbocycles. The molecular weight excluding hydrogens is 454 g/mol. The number of carbonyl (C=O) groups is 1. The standard InChI is InChI=1S/C29H31N3O4/c1-3-35-27-12-7-6-11-26(27)32-20-21(19-28(32)33)29-30-24-9-4-5-10-25(24)31(29)17-8-18-36-23-15-13-22(34-2)14-16-23/h4-7,9-16,21H,3,8,17-20H2,1-2H3/t21-/m0/s1. The lowest BCUT2D eigenvalue weighted by molar-refractivity contribution is -0.117. The van der Waals surface area contributed by atoms with Crippen molar-refractivity contribution >= 4 is 22.6 Å². The minimum atomic E-state index is 0.00193. The lowest BCUT2D eigenvalue weighted by Crippen LogP contribution is -2.25. The molecule has 186 valence electrons. The first-order valence-corrected chi connectivity index (χ1v) is 12.4. The summed E-state index contributed by atoms with van der Waals surface area (Å²) in [6, 6.07) is 23.5. The van der Waals surface area contributed by atoms with Gasteiger partial charge in [0, 0.05) is 25.4 Å². The van der Waals surface area contributed by atoms with Crippen LogP contribution in [-0.2, 0) is 11.3 Å². The van der Waals surface area contributed by atoms with Gasteiger partial charge in [0.2, 0.25) is 5.91 Å². The van der Waals surface area contributed by atoms with Gasteiger partial charge in [0.05, 0.1) is 37.0 Å². The largest absolute Gasteiger partial charge is 0.497 e. The lowest BCUT2D eigenvalue weighted by atomic mass is 10.1. The molecule has 0 unspecified atom stereocenters. The predicted octanol–water partition coefficient (Wildman–Crippen LogP) is 5.43. The van der Waals surface area contributed by atoms with Gasteiger partial charge < -0.3 is 23.7 Å². The Kier molecular flexibility index (Phi) is 7.07. The van der Waals surface area contributed by atoms with Gasteiger partial charge in [0.15, 0.2) is 0 Å². The Balaban J connectivity index is 1.33. The van der Waals surface area contributed by atoms with E-state index in [0.717, 1.165) is 52.8 Å². The fourth-order valence-electron chi connectivity index (χ4n) is 4.80. The van der Waals surface area contributed by atoms with Gasteiger partial charge in [0.25, 0.3) is 0 Å². The number of ether oxygens (including phenoxy) is 3. The number of rotatable bonds is 10. The van der Waals surface area contributed by atoms with Crippen molar-refractivity contribution in [2.75, 3.05) is 31.8 Å². The normalized spacial score (nSPS) is 15.4. The van der Waals surface area contributed by atoms with E-state index < -0.39 is 0 Å². The van der Waals surface area contributed by atoms with Crippen LogP contribution < -0.4 is 19.1 Å². The zero-order chi connectivity index (χ0) is 24.9. The maximum Gasteiger partial charge on any atom is 0.227 e. The number of hydrogen-bond acceptors (Lipinski definition) is 5. The Morgan fingerprint density at radius 1 is 0.944 bits per heavy atom. The molecule has 0 bridgehead atoms. The maximum absolute atomic E-state index is 13.1. The van der Waals surface area contributed by atoms with Gasteiger partial charge in [-0.15, -0.1) is 0 Å². The van der Waals surface area contributed by atoms with E-state index in [1.807, 2.05) is 78.6 Å². The van der Waals surface area contributed by atoms with Gasteiger partial charge in [-0.3, -0.25) is 4.79 Å². The molecule has 7 nitrogen and oxygen atoms in total. The number of amides is 1. The first-order valence-electron chi connectivity index (χ1n) is 12.4. The Morgan fingerprint density at radius 3 is 2.50 bits per heavy atom. The third kappa shape index (κ3) is 4.87. The number of fused-ring (bicyclic) bond motifs is 1. The third-order valence-corrected chi connectivity index (χ3v) is 6.48. The SMILES string of the molecule is CCOc1ccccc1N1C[C@@H](c2nc3ccccc3n2CCCOc2ccc(OC)cc2)CC1=O. The molecule has 1 aliphatic heterocycles. The van der Waals surface area contributed by atoms with E-state index in [0.29, 0.717) is 26.2 Å². The molecule has 4 aromatic rings. The molecule has 2 heterocycles. The van der Waals surface area contributed by atoms with Crippen LogP contribution in [0.25, 0.3) is 11.0 Å². The van der Waals surface area contributed by atoms with Crippen molar-refractivity contribution in [3.63, 3.8) is 0 Å². The molecule has 0 spiro atoms. The quantitative estimate of drug-likeness (QED) is 0.280. The van der Waals surface area contributed by atoms with Crippen molar-refractivity contribution < 1.29 is 19.0 Å². The number of aryl methyl sites for hydroxylation is 1. The van der Waals surface area contributed by atoms with E-state index in [4.69, 9.17) is 19.2 Å². The summed E-state index contributed by atoms with van der Waals surface area (Å²) in [5, 5.41) is 0. The second-order valence-electron chi connectivity index (χ2n) is 8.79. The minimum absolute atomic E-state index is 0.00193. The zero-order valence-corrected chi connectivity index (χ0v) is 20.7. The van der Waals surface area contributed by atoms with Crippen LogP contribution in [0, 0.1) is 0 Å². The average Bonchev–Trinajstić information content (AvgIpc) is 3.48. The van der Waals surface area contributed by atoms with E-state index in [9.17, 15) is 4.79 Å². The number of methoxy groups -OCH3 is 1. The number of anilines is 1. The molecule has 1 fully saturated rings. The molecule has 7 heteroatoms. The Labute approximate surface area is 211 Å². The Hall–Kier alpha value is -4.00. The highest BCUT2D eigenvalue weighted by Gasteiger charge is 2.35. The molecule has 5 rings (SSSR count). The van der Waals surface area contributed by atoms with E-state index in [1.165, 1.54) is 0 Å². The second kappa shape index (κ2) is 10.7. The van der Waals surface area contributed by atoms with Crippen LogP contribution in [0.15, 0.2) is 72.8 Å². The fraction of sp³-hybridized carbons (Fsp3) is 0.310. The van der Waals surface area contributed by atoms with Crippen molar-refractivity contribution in [1.29, 1.82) is 0 Å². The van der Waals surface area contributed by atoms with E-state index >= 15 is 0 Å². The number of benzene rings is 3. The van der Waals surface area contributed by atoms with Crippen LogP contribution in [0.2, 0.25) is 0 Å². The van der Waals surface area contributed by atoms with E-state index in [1.54, 1.807) is 7.11 Å². The molecule has 3 aromatic carbocycles. The number of carbonyl (C=O) groups excluding carboxylic acids is 1. The molecule has 36 heavy (non-hydrogen) atoms. The number of aromatic nitrogens is 2. The first-order chi connectivity index (χ1) is 17.7. The fourth-order valence-corrected chi connectivity index (χ4v) is 4.80. The number of para-hydroxylation sites is 4. The first kappa shape index (κ1) is 23.7. The Bertz CT molecular complexity index is 1330. The highest BCUT2D eigenvalue weighted by Crippen LogP contribution is 2.37. The highest BCUT2D eigenvalue weighted by molar-refractivity contribution is 5.97. The van der Waals surface area contributed by atoms with E-state index in [2.05, 4.69) is 10.6 Å². The minimum Gasteiger partial charge on any atom is -0.497 e. The monoisotopic (exact) mass is 485 g/mol. The molecular formula is C29H31N3O4. The smallest absolute Gasteiger partial charge is 0.227 e. The molecule has 1 aliphatic rings. The average molecular weight is 486 g/mol. The van der Waals surface area contributed by atoms with Gasteiger partial charge in [0.1, 0.15) is 23.1 Å². The predicted molar refractivity (Wildman–Crippen MR) is 140 cm³/mol. The van der Waals surface area contributed by atoms with Crippen LogP contribution in [0.1, 0.15) is 31.5 Å². The molecule has 1 saturated heterocycles. The highest BCUT2D eigenvalue weighted by atomic mass is 16.5. The molecule has 0 radical (unpaired) electrons. The molecule has 1 amide bonds. The van der Waals surface area contributed by atoms with Gasteiger partial charge >= 0.3 is 0 Å². The van der Waals surface area contributed by atoms with Crippen LogP contribution >= 0.6 is 0 Å². The number of nitrogens with zero attached hydrogens (tertiary/aromatic N) is 3. The zero-order valence-electron chi connectivity index (χ0n) is 20.7. The van der Waals surface area contributed by atoms with Gasteiger partial charge in [-0.1, -0.05) is 24.3 Å². The molecule has 0 aliphatic carbocycles. The summed E-state index contributed by atoms with van der Waals surface area (Å²) in [6.07, 6.45) is 1.24. The van der Waals surface area contributed by atoms with Crippen LogP contribution in [-0.4, -0.2) is 42.3 Å². The summed E-state index contributed by atoms with van der Waals surface area (Å²) >= 11 is 0. The van der Waals surface area contributed by atoms with Crippen LogP contribution in [0.3, 0.4) is 0 Å². The Morgan fingerprint density at radius 2 is 1.69 bits per heavy atom. The summed E-state index contributed by atoms with van der Waals surface area (Å²) < 4.78 is 19.2.